The predicted molar refractivity (Wildman–Crippen MR) is 54.4 cm³/mol. The Kier molecular flexibility index (Phi) is 1.98. The number of hydrogen-bond donors (Lipinski definition) is 1. The van der Waals surface area contributed by atoms with E-state index in [1.165, 1.54) is 11.3 Å². The van der Waals surface area contributed by atoms with Crippen molar-refractivity contribution in [1.29, 1.82) is 0 Å². The zero-order valence-corrected chi connectivity index (χ0v) is 8.07. The van der Waals surface area contributed by atoms with Gasteiger partial charge in [0.05, 0.1) is 6.04 Å². The van der Waals surface area contributed by atoms with Gasteiger partial charge in [0.25, 0.3) is 0 Å². The summed E-state index contributed by atoms with van der Waals surface area (Å²) in [5, 5.41) is 1.84. The van der Waals surface area contributed by atoms with Crippen molar-refractivity contribution in [3.63, 3.8) is 0 Å². The smallest absolute Gasteiger partial charge is 0.0632 e. The minimum absolute atomic E-state index is 0.455. The quantitative estimate of drug-likeness (QED) is 0.540. The van der Waals surface area contributed by atoms with Crippen LogP contribution >= 0.6 is 0 Å². The Morgan fingerprint density at radius 1 is 1.31 bits per heavy atom. The minimum atomic E-state index is 0.455. The van der Waals surface area contributed by atoms with Gasteiger partial charge >= 0.3 is 0 Å². The van der Waals surface area contributed by atoms with E-state index < -0.39 is 0 Å². The maximum absolute atomic E-state index is 5.62. The van der Waals surface area contributed by atoms with Crippen molar-refractivity contribution in [2.75, 3.05) is 25.5 Å². The highest BCUT2D eigenvalue weighted by atomic mass is 15.5. The summed E-state index contributed by atoms with van der Waals surface area (Å²) in [6, 6.07) is 9.00. The van der Waals surface area contributed by atoms with Crippen LogP contribution in [-0.2, 0) is 0 Å². The first-order chi connectivity index (χ1) is 6.18. The van der Waals surface area contributed by atoms with Gasteiger partial charge in [-0.3, -0.25) is 5.84 Å². The van der Waals surface area contributed by atoms with E-state index in [0.29, 0.717) is 6.04 Å². The van der Waals surface area contributed by atoms with Gasteiger partial charge in [0, 0.05) is 26.3 Å². The summed E-state index contributed by atoms with van der Waals surface area (Å²) in [4.78, 5) is 2.09. The number of anilines is 1. The molecule has 2 atom stereocenters. The number of hydrogen-bond acceptors (Lipinski definition) is 3. The van der Waals surface area contributed by atoms with Crippen LogP contribution in [0.15, 0.2) is 24.3 Å². The summed E-state index contributed by atoms with van der Waals surface area (Å²) in [6.45, 7) is 0.987. The second-order valence-electron chi connectivity index (χ2n) is 3.70. The molecular formula is C10H15N3. The van der Waals surface area contributed by atoms with Crippen LogP contribution in [0.1, 0.15) is 11.6 Å². The zero-order chi connectivity index (χ0) is 9.42. The Hall–Kier alpha value is -1.06. The van der Waals surface area contributed by atoms with E-state index in [2.05, 4.69) is 29.2 Å². The average Bonchev–Trinajstić information content (AvgIpc) is 2.83. The van der Waals surface area contributed by atoms with Crippen LogP contribution in [0, 0.1) is 0 Å². The fraction of sp³-hybridized carbons (Fsp3) is 0.400. The third kappa shape index (κ3) is 1.66. The lowest BCUT2D eigenvalue weighted by Gasteiger charge is -2.12. The fourth-order valence-corrected chi connectivity index (χ4v) is 1.44. The lowest BCUT2D eigenvalue weighted by molar-refractivity contribution is 0.548. The first-order valence-corrected chi connectivity index (χ1v) is 4.47. The summed E-state index contributed by atoms with van der Waals surface area (Å²) in [7, 11) is 4.09. The second kappa shape index (κ2) is 3.01. The van der Waals surface area contributed by atoms with Gasteiger partial charge in [0.1, 0.15) is 0 Å². The predicted octanol–water partition coefficient (Wildman–Crippen LogP) is 0.983. The Morgan fingerprint density at radius 3 is 2.23 bits per heavy atom. The molecule has 0 aliphatic carbocycles. The van der Waals surface area contributed by atoms with Gasteiger partial charge in [-0.25, -0.2) is 5.01 Å². The fourth-order valence-electron chi connectivity index (χ4n) is 1.44. The Labute approximate surface area is 78.7 Å². The minimum Gasteiger partial charge on any atom is -0.378 e. The number of hydrazine groups is 1. The standard InChI is InChI=1S/C10H15N3/c1-12(2)9-5-3-8(4-6-9)10-7-13(10)11/h3-6,10H,7,11H2,1-2H3. The summed E-state index contributed by atoms with van der Waals surface area (Å²) >= 11 is 0. The highest BCUT2D eigenvalue weighted by Gasteiger charge is 2.31. The largest absolute Gasteiger partial charge is 0.378 e. The number of benzene rings is 1. The normalized spacial score (nSPS) is 25.8. The molecule has 1 aromatic carbocycles. The van der Waals surface area contributed by atoms with Gasteiger partial charge in [-0.05, 0) is 17.7 Å². The van der Waals surface area contributed by atoms with Crippen LogP contribution in [-0.4, -0.2) is 25.6 Å². The van der Waals surface area contributed by atoms with Crippen molar-refractivity contribution in [3.05, 3.63) is 29.8 Å². The monoisotopic (exact) mass is 177 g/mol. The maximum atomic E-state index is 5.62. The Bertz CT molecular complexity index is 292. The van der Waals surface area contributed by atoms with Crippen LogP contribution in [0.4, 0.5) is 5.69 Å². The second-order valence-corrected chi connectivity index (χ2v) is 3.70. The summed E-state index contributed by atoms with van der Waals surface area (Å²) < 4.78 is 0. The van der Waals surface area contributed by atoms with E-state index in [4.69, 9.17) is 5.84 Å². The van der Waals surface area contributed by atoms with E-state index in [9.17, 15) is 0 Å². The van der Waals surface area contributed by atoms with E-state index in [1.54, 1.807) is 0 Å². The molecule has 1 fully saturated rings. The van der Waals surface area contributed by atoms with Crippen molar-refractivity contribution in [2.24, 2.45) is 5.84 Å². The average molecular weight is 177 g/mol. The van der Waals surface area contributed by atoms with Gasteiger partial charge in [-0.15, -0.1) is 0 Å². The van der Waals surface area contributed by atoms with Gasteiger partial charge in [-0.1, -0.05) is 12.1 Å². The molecule has 2 unspecified atom stereocenters. The molecule has 1 aliphatic rings. The number of rotatable bonds is 2. The topological polar surface area (TPSA) is 32.3 Å². The van der Waals surface area contributed by atoms with Gasteiger partial charge in [-0.2, -0.15) is 0 Å². The van der Waals surface area contributed by atoms with Crippen LogP contribution in [0.2, 0.25) is 0 Å². The zero-order valence-electron chi connectivity index (χ0n) is 8.07. The number of nitrogens with two attached hydrogens (primary N) is 1. The van der Waals surface area contributed by atoms with Crippen LogP contribution < -0.4 is 10.7 Å². The number of nitrogens with zero attached hydrogens (tertiary/aromatic N) is 2. The maximum Gasteiger partial charge on any atom is 0.0632 e. The molecule has 0 aromatic heterocycles. The highest BCUT2D eigenvalue weighted by Crippen LogP contribution is 2.31. The van der Waals surface area contributed by atoms with Crippen LogP contribution in [0.5, 0.6) is 0 Å². The van der Waals surface area contributed by atoms with Crippen molar-refractivity contribution in [3.8, 4) is 0 Å². The molecule has 1 saturated heterocycles. The van der Waals surface area contributed by atoms with E-state index in [1.807, 2.05) is 19.1 Å². The lowest BCUT2D eigenvalue weighted by atomic mass is 10.1. The SMILES string of the molecule is CN(C)c1ccc(C2CN2N)cc1. The summed E-state index contributed by atoms with van der Waals surface area (Å²) in [5.74, 6) is 5.62. The van der Waals surface area contributed by atoms with Gasteiger partial charge < -0.3 is 4.90 Å². The molecule has 1 heterocycles. The van der Waals surface area contributed by atoms with E-state index in [0.717, 1.165) is 6.54 Å². The first-order valence-electron chi connectivity index (χ1n) is 4.47. The van der Waals surface area contributed by atoms with Crippen molar-refractivity contribution in [1.82, 2.24) is 5.01 Å². The molecule has 2 N–H and O–H groups in total. The molecule has 0 amide bonds. The van der Waals surface area contributed by atoms with E-state index >= 15 is 0 Å². The molecule has 0 radical (unpaired) electrons. The third-order valence-corrected chi connectivity index (χ3v) is 2.44. The molecule has 2 rings (SSSR count). The highest BCUT2D eigenvalue weighted by molar-refractivity contribution is 5.47. The Morgan fingerprint density at radius 2 is 1.85 bits per heavy atom. The summed E-state index contributed by atoms with van der Waals surface area (Å²) in [5.41, 5.74) is 2.54. The van der Waals surface area contributed by atoms with Gasteiger partial charge in [0.2, 0.25) is 0 Å². The Balaban J connectivity index is 2.14. The molecule has 70 valence electrons. The molecule has 0 saturated carbocycles. The van der Waals surface area contributed by atoms with Gasteiger partial charge in [0.15, 0.2) is 0 Å². The summed E-state index contributed by atoms with van der Waals surface area (Å²) in [6.07, 6.45) is 0. The molecule has 0 bridgehead atoms. The molecule has 13 heavy (non-hydrogen) atoms. The van der Waals surface area contributed by atoms with Crippen LogP contribution in [0.25, 0.3) is 0 Å². The molecule has 3 heteroatoms. The molecular weight excluding hydrogens is 162 g/mol. The lowest BCUT2D eigenvalue weighted by Crippen LogP contribution is -2.08. The van der Waals surface area contributed by atoms with E-state index in [-0.39, 0.29) is 0 Å². The third-order valence-electron chi connectivity index (χ3n) is 2.44. The first kappa shape index (κ1) is 8.53. The molecule has 3 nitrogen and oxygen atoms in total. The van der Waals surface area contributed by atoms with Crippen molar-refractivity contribution < 1.29 is 0 Å². The molecule has 0 spiro atoms. The van der Waals surface area contributed by atoms with Crippen molar-refractivity contribution >= 4 is 5.69 Å². The van der Waals surface area contributed by atoms with Crippen LogP contribution in [0.3, 0.4) is 0 Å². The molecule has 1 aromatic rings. The van der Waals surface area contributed by atoms with Crippen molar-refractivity contribution in [2.45, 2.75) is 6.04 Å². The molecule has 1 aliphatic heterocycles.